The zero-order valence-electron chi connectivity index (χ0n) is 26.1. The SMILES string of the molecule is COC(=O)c1cc(C[C@@H](NC(C)=O)C(=O)N[C@H]2CCCCN(Cc3ccc(-c4ccccc4)cc3)C2=O)ccc1C(C(=O)O)C(=O)O. The molecule has 12 nitrogen and oxygen atoms in total. The van der Waals surface area contributed by atoms with E-state index in [2.05, 4.69) is 10.6 Å². The van der Waals surface area contributed by atoms with Crippen molar-refractivity contribution in [3.63, 3.8) is 0 Å². The average molecular weight is 644 g/mol. The summed E-state index contributed by atoms with van der Waals surface area (Å²) in [6, 6.07) is 19.7. The standard InChI is InChI=1S/C35H37N3O9/c1-21(39)36-29(19-23-13-16-26(27(18-23)35(46)47-2)30(33(42)43)34(44)45)31(40)37-28-10-6-7-17-38(32(28)41)20-22-11-14-25(15-12-22)24-8-4-3-5-9-24/h3-5,8-9,11-16,18,28-30H,6-7,10,17,19-20H2,1-2H3,(H,36,39)(H,37,40)(H,42,43)(H,44,45)/t28-,29+/m0/s1. The summed E-state index contributed by atoms with van der Waals surface area (Å²) >= 11 is 0. The zero-order chi connectivity index (χ0) is 34.1. The molecule has 3 aromatic carbocycles. The molecule has 0 aliphatic carbocycles. The number of carbonyl (C=O) groups is 6. The molecular weight excluding hydrogens is 606 g/mol. The zero-order valence-corrected chi connectivity index (χ0v) is 26.1. The number of carbonyl (C=O) groups excluding carboxylic acids is 4. The van der Waals surface area contributed by atoms with Gasteiger partial charge in [0.15, 0.2) is 5.92 Å². The van der Waals surface area contributed by atoms with Crippen molar-refractivity contribution < 1.29 is 43.7 Å². The normalized spacial score (nSPS) is 15.3. The summed E-state index contributed by atoms with van der Waals surface area (Å²) in [4.78, 5) is 76.7. The van der Waals surface area contributed by atoms with Gasteiger partial charge in [-0.05, 0) is 53.1 Å². The van der Waals surface area contributed by atoms with Crippen molar-refractivity contribution in [3.05, 3.63) is 95.1 Å². The Morgan fingerprint density at radius 3 is 2.15 bits per heavy atom. The molecule has 0 spiro atoms. The first-order chi connectivity index (χ1) is 22.5. The number of ether oxygens (including phenoxy) is 1. The number of rotatable bonds is 12. The first-order valence-electron chi connectivity index (χ1n) is 15.2. The molecule has 2 atom stereocenters. The Balaban J connectivity index is 1.50. The molecule has 4 rings (SSSR count). The Morgan fingerprint density at radius 2 is 1.53 bits per heavy atom. The third-order valence-corrected chi connectivity index (χ3v) is 7.99. The molecule has 47 heavy (non-hydrogen) atoms. The van der Waals surface area contributed by atoms with Crippen molar-refractivity contribution in [1.29, 1.82) is 0 Å². The van der Waals surface area contributed by atoms with E-state index in [4.69, 9.17) is 4.74 Å². The maximum atomic E-state index is 13.6. The first-order valence-corrected chi connectivity index (χ1v) is 15.2. The highest BCUT2D eigenvalue weighted by atomic mass is 16.5. The molecule has 4 N–H and O–H groups in total. The molecule has 1 saturated heterocycles. The van der Waals surface area contributed by atoms with Crippen LogP contribution in [0.1, 0.15) is 59.2 Å². The first kappa shape index (κ1) is 34.4. The highest BCUT2D eigenvalue weighted by Gasteiger charge is 2.34. The van der Waals surface area contributed by atoms with Gasteiger partial charge in [0.2, 0.25) is 17.7 Å². The van der Waals surface area contributed by atoms with Crippen molar-refractivity contribution in [2.75, 3.05) is 13.7 Å². The van der Waals surface area contributed by atoms with Crippen molar-refractivity contribution in [1.82, 2.24) is 15.5 Å². The van der Waals surface area contributed by atoms with Crippen molar-refractivity contribution in [3.8, 4) is 11.1 Å². The largest absolute Gasteiger partial charge is 0.480 e. The molecule has 0 unspecified atom stereocenters. The van der Waals surface area contributed by atoms with E-state index in [9.17, 15) is 39.0 Å². The second-order valence-corrected chi connectivity index (χ2v) is 11.4. The van der Waals surface area contributed by atoms with Gasteiger partial charge >= 0.3 is 17.9 Å². The molecule has 0 radical (unpaired) electrons. The van der Waals surface area contributed by atoms with Crippen LogP contribution < -0.4 is 10.6 Å². The highest BCUT2D eigenvalue weighted by molar-refractivity contribution is 6.03. The molecule has 1 fully saturated rings. The topological polar surface area (TPSA) is 179 Å². The molecule has 0 aromatic heterocycles. The van der Waals surface area contributed by atoms with E-state index in [1.807, 2.05) is 54.6 Å². The molecule has 3 amide bonds. The number of hydrogen-bond donors (Lipinski definition) is 4. The monoisotopic (exact) mass is 643 g/mol. The van der Waals surface area contributed by atoms with E-state index in [1.165, 1.54) is 25.1 Å². The summed E-state index contributed by atoms with van der Waals surface area (Å²) < 4.78 is 4.75. The quantitative estimate of drug-likeness (QED) is 0.170. The van der Waals surface area contributed by atoms with Gasteiger partial charge in [-0.25, -0.2) is 4.79 Å². The molecule has 246 valence electrons. The Morgan fingerprint density at radius 1 is 0.894 bits per heavy atom. The minimum Gasteiger partial charge on any atom is -0.480 e. The van der Waals surface area contributed by atoms with Gasteiger partial charge in [0, 0.05) is 26.4 Å². The van der Waals surface area contributed by atoms with E-state index < -0.39 is 47.7 Å². The Hall–Kier alpha value is -5.52. The van der Waals surface area contributed by atoms with E-state index in [-0.39, 0.29) is 23.5 Å². The van der Waals surface area contributed by atoms with Gasteiger partial charge in [0.25, 0.3) is 0 Å². The number of aliphatic carboxylic acids is 2. The fourth-order valence-corrected chi connectivity index (χ4v) is 5.65. The number of likely N-dealkylation sites (tertiary alicyclic amines) is 1. The summed E-state index contributed by atoms with van der Waals surface area (Å²) in [6.45, 7) is 2.12. The number of amides is 3. The highest BCUT2D eigenvalue weighted by Crippen LogP contribution is 2.25. The predicted molar refractivity (Wildman–Crippen MR) is 170 cm³/mol. The van der Waals surface area contributed by atoms with Gasteiger partial charge in [-0.15, -0.1) is 0 Å². The van der Waals surface area contributed by atoms with Crippen molar-refractivity contribution >= 4 is 35.6 Å². The Bertz CT molecular complexity index is 1630. The van der Waals surface area contributed by atoms with Crippen LogP contribution >= 0.6 is 0 Å². The second kappa shape index (κ2) is 15.7. The molecular formula is C35H37N3O9. The minimum absolute atomic E-state index is 0.140. The molecule has 12 heteroatoms. The minimum atomic E-state index is -2.03. The lowest BCUT2D eigenvalue weighted by Crippen LogP contribution is -2.54. The van der Waals surface area contributed by atoms with Crippen LogP contribution in [-0.2, 0) is 41.7 Å². The van der Waals surface area contributed by atoms with Crippen LogP contribution in [-0.4, -0.2) is 76.5 Å². The number of hydrogen-bond acceptors (Lipinski definition) is 7. The lowest BCUT2D eigenvalue weighted by molar-refractivity contribution is -0.150. The van der Waals surface area contributed by atoms with Crippen LogP contribution in [0.5, 0.6) is 0 Å². The lowest BCUT2D eigenvalue weighted by atomic mass is 9.91. The Kier molecular flexibility index (Phi) is 11.4. The summed E-state index contributed by atoms with van der Waals surface area (Å²) in [6.07, 6.45) is 1.72. The van der Waals surface area contributed by atoms with Crippen LogP contribution in [0.3, 0.4) is 0 Å². The van der Waals surface area contributed by atoms with Gasteiger partial charge in [-0.2, -0.15) is 0 Å². The van der Waals surface area contributed by atoms with Crippen LogP contribution in [0.25, 0.3) is 11.1 Å². The molecule has 1 aliphatic rings. The number of nitrogens with one attached hydrogen (secondary N) is 2. The summed E-state index contributed by atoms with van der Waals surface area (Å²) in [7, 11) is 1.07. The van der Waals surface area contributed by atoms with Crippen molar-refractivity contribution in [2.24, 2.45) is 0 Å². The lowest BCUT2D eigenvalue weighted by Gasteiger charge is -2.27. The van der Waals surface area contributed by atoms with Gasteiger partial charge in [-0.1, -0.05) is 66.7 Å². The van der Waals surface area contributed by atoms with Gasteiger partial charge in [0.05, 0.1) is 12.7 Å². The predicted octanol–water partition coefficient (Wildman–Crippen LogP) is 3.14. The van der Waals surface area contributed by atoms with E-state index in [0.29, 0.717) is 31.5 Å². The average Bonchev–Trinajstić information content (AvgIpc) is 3.21. The number of carboxylic acid groups (broad SMARTS) is 2. The van der Waals surface area contributed by atoms with Crippen LogP contribution in [0.2, 0.25) is 0 Å². The number of nitrogens with zero attached hydrogens (tertiary/aromatic N) is 1. The third-order valence-electron chi connectivity index (χ3n) is 7.99. The van der Waals surface area contributed by atoms with Crippen LogP contribution in [0.4, 0.5) is 0 Å². The van der Waals surface area contributed by atoms with Gasteiger partial charge < -0.3 is 30.5 Å². The Labute approximate surface area is 271 Å². The van der Waals surface area contributed by atoms with Crippen LogP contribution in [0.15, 0.2) is 72.8 Å². The van der Waals surface area contributed by atoms with Crippen molar-refractivity contribution in [2.45, 2.75) is 57.2 Å². The number of esters is 1. The fraction of sp³-hybridized carbons (Fsp3) is 0.314. The van der Waals surface area contributed by atoms with Gasteiger partial charge in [0.1, 0.15) is 12.1 Å². The smallest absolute Gasteiger partial charge is 0.338 e. The number of carboxylic acids is 2. The maximum Gasteiger partial charge on any atom is 0.338 e. The molecule has 0 saturated carbocycles. The van der Waals surface area contributed by atoms with E-state index >= 15 is 0 Å². The molecule has 1 heterocycles. The van der Waals surface area contributed by atoms with Gasteiger partial charge in [-0.3, -0.25) is 24.0 Å². The van der Waals surface area contributed by atoms with Crippen LogP contribution in [0, 0.1) is 0 Å². The molecule has 1 aliphatic heterocycles. The summed E-state index contributed by atoms with van der Waals surface area (Å²) in [5.74, 6) is -7.71. The summed E-state index contributed by atoms with van der Waals surface area (Å²) in [5, 5.41) is 24.3. The fourth-order valence-electron chi connectivity index (χ4n) is 5.65. The summed E-state index contributed by atoms with van der Waals surface area (Å²) in [5.41, 5.74) is 2.82. The number of methoxy groups -OCH3 is 1. The molecule has 3 aromatic rings. The second-order valence-electron chi connectivity index (χ2n) is 11.4. The third kappa shape index (κ3) is 8.81. The maximum absolute atomic E-state index is 13.6. The van der Waals surface area contributed by atoms with E-state index in [1.54, 1.807) is 4.90 Å². The number of benzene rings is 3. The van der Waals surface area contributed by atoms with E-state index in [0.717, 1.165) is 30.2 Å². The molecule has 0 bridgehead atoms.